The monoisotopic (exact) mass is 246 g/mol. The molecule has 0 spiro atoms. The van der Waals surface area contributed by atoms with Crippen molar-refractivity contribution >= 4 is 27.3 Å². The number of hydrogen-bond acceptors (Lipinski definition) is 1. The van der Waals surface area contributed by atoms with Gasteiger partial charge in [-0.1, -0.05) is 0 Å². The number of thiophene rings is 1. The Bertz CT molecular complexity index is 253. The van der Waals surface area contributed by atoms with E-state index >= 15 is 0 Å². The predicted octanol–water partition coefficient (Wildman–Crippen LogP) is 2.30. The molecule has 66 valence electrons. The van der Waals surface area contributed by atoms with Crippen molar-refractivity contribution in [1.29, 1.82) is 0 Å². The first-order chi connectivity index (χ1) is 5.86. The van der Waals surface area contributed by atoms with E-state index in [1.807, 2.05) is 11.3 Å². The van der Waals surface area contributed by atoms with Crippen LogP contribution in [0.1, 0.15) is 30.2 Å². The Morgan fingerprint density at radius 3 is 2.92 bits per heavy atom. The molecule has 1 fully saturated rings. The maximum Gasteiger partial charge on any atom is 0.121 e. The summed E-state index contributed by atoms with van der Waals surface area (Å²) in [5, 5.41) is 2.47. The van der Waals surface area contributed by atoms with Crippen LogP contribution in [0.5, 0.6) is 0 Å². The molecule has 0 radical (unpaired) electrons. The van der Waals surface area contributed by atoms with Crippen LogP contribution in [0, 0.1) is 0 Å². The van der Waals surface area contributed by atoms with E-state index in [9.17, 15) is 0 Å². The predicted molar refractivity (Wildman–Crippen MR) is 55.4 cm³/mol. The van der Waals surface area contributed by atoms with Crippen LogP contribution in [0.2, 0.25) is 0 Å². The summed E-state index contributed by atoms with van der Waals surface area (Å²) in [5.74, 6) is 0. The van der Waals surface area contributed by atoms with E-state index < -0.39 is 0 Å². The van der Waals surface area contributed by atoms with Gasteiger partial charge in [-0.05, 0) is 40.9 Å². The van der Waals surface area contributed by atoms with Crippen LogP contribution in [-0.4, -0.2) is 6.54 Å². The Balaban J connectivity index is 2.08. The van der Waals surface area contributed by atoms with Crippen molar-refractivity contribution < 1.29 is 5.32 Å². The van der Waals surface area contributed by atoms with E-state index in [1.54, 1.807) is 0 Å². The number of nitrogens with two attached hydrogens (primary N) is 1. The largest absolute Gasteiger partial charge is 0.339 e. The topological polar surface area (TPSA) is 16.6 Å². The Kier molecular flexibility index (Phi) is 2.84. The van der Waals surface area contributed by atoms with E-state index in [1.165, 1.54) is 34.5 Å². The SMILES string of the molecule is Brc1ccc([C@@H]2CCCC[NH2+]2)s1. The maximum atomic E-state index is 3.50. The van der Waals surface area contributed by atoms with Crippen LogP contribution < -0.4 is 5.32 Å². The molecule has 1 nitrogen and oxygen atoms in total. The number of piperidine rings is 1. The van der Waals surface area contributed by atoms with Crippen LogP contribution in [0.15, 0.2) is 15.9 Å². The van der Waals surface area contributed by atoms with Crippen LogP contribution in [0.3, 0.4) is 0 Å². The third-order valence-electron chi connectivity index (χ3n) is 2.38. The maximum absolute atomic E-state index is 3.50. The van der Waals surface area contributed by atoms with Crippen molar-refractivity contribution in [1.82, 2.24) is 0 Å². The molecule has 1 aromatic heterocycles. The minimum Gasteiger partial charge on any atom is -0.339 e. The summed E-state index contributed by atoms with van der Waals surface area (Å²) in [6.07, 6.45) is 4.15. The van der Waals surface area contributed by atoms with Crippen molar-refractivity contribution in [3.63, 3.8) is 0 Å². The summed E-state index contributed by atoms with van der Waals surface area (Å²) in [4.78, 5) is 1.53. The lowest BCUT2D eigenvalue weighted by Crippen LogP contribution is -2.86. The smallest absolute Gasteiger partial charge is 0.121 e. The number of halogens is 1. The van der Waals surface area contributed by atoms with Crippen LogP contribution >= 0.6 is 27.3 Å². The average Bonchev–Trinajstić information content (AvgIpc) is 2.54. The Morgan fingerprint density at radius 1 is 1.42 bits per heavy atom. The first-order valence-electron chi connectivity index (χ1n) is 4.45. The van der Waals surface area contributed by atoms with Crippen molar-refractivity contribution in [3.8, 4) is 0 Å². The molecular formula is C9H13BrNS+. The minimum atomic E-state index is 0.745. The molecule has 0 amide bonds. The van der Waals surface area contributed by atoms with Gasteiger partial charge in [0.25, 0.3) is 0 Å². The fraction of sp³-hybridized carbons (Fsp3) is 0.556. The summed E-state index contributed by atoms with van der Waals surface area (Å²) < 4.78 is 1.26. The van der Waals surface area contributed by atoms with Crippen LogP contribution in [0.25, 0.3) is 0 Å². The van der Waals surface area contributed by atoms with E-state index in [2.05, 4.69) is 33.4 Å². The lowest BCUT2D eigenvalue weighted by atomic mass is 10.0. The molecule has 1 aliphatic heterocycles. The van der Waals surface area contributed by atoms with E-state index in [0.29, 0.717) is 0 Å². The third-order valence-corrected chi connectivity index (χ3v) is 4.14. The molecule has 1 saturated heterocycles. The summed E-state index contributed by atoms with van der Waals surface area (Å²) in [7, 11) is 0. The van der Waals surface area contributed by atoms with Gasteiger partial charge in [0.15, 0.2) is 0 Å². The van der Waals surface area contributed by atoms with Gasteiger partial charge in [0.1, 0.15) is 6.04 Å². The summed E-state index contributed by atoms with van der Waals surface area (Å²) in [6.45, 7) is 1.31. The molecule has 1 aromatic rings. The van der Waals surface area contributed by atoms with Gasteiger partial charge in [0.05, 0.1) is 15.2 Å². The lowest BCUT2D eigenvalue weighted by molar-refractivity contribution is -0.703. The Hall–Kier alpha value is 0.140. The molecule has 2 rings (SSSR count). The molecular weight excluding hydrogens is 234 g/mol. The normalized spacial score (nSPS) is 24.2. The first-order valence-corrected chi connectivity index (χ1v) is 6.06. The van der Waals surface area contributed by atoms with Crippen molar-refractivity contribution in [2.24, 2.45) is 0 Å². The molecule has 0 unspecified atom stereocenters. The van der Waals surface area contributed by atoms with Gasteiger partial charge < -0.3 is 5.32 Å². The van der Waals surface area contributed by atoms with Gasteiger partial charge in [-0.2, -0.15) is 0 Å². The van der Waals surface area contributed by atoms with Gasteiger partial charge >= 0.3 is 0 Å². The zero-order valence-electron chi connectivity index (χ0n) is 6.92. The standard InChI is InChI=1S/C9H12BrNS/c10-9-5-4-8(12-9)7-3-1-2-6-11-7/h4-5,7,11H,1-3,6H2/p+1/t7-/m0/s1. The average molecular weight is 247 g/mol. The molecule has 2 N–H and O–H groups in total. The molecule has 1 atom stereocenters. The Morgan fingerprint density at radius 2 is 2.33 bits per heavy atom. The lowest BCUT2D eigenvalue weighted by Gasteiger charge is -2.18. The molecule has 0 aliphatic carbocycles. The molecule has 0 saturated carbocycles. The van der Waals surface area contributed by atoms with E-state index in [-0.39, 0.29) is 0 Å². The highest BCUT2D eigenvalue weighted by atomic mass is 79.9. The van der Waals surface area contributed by atoms with Gasteiger partial charge in [-0.25, -0.2) is 0 Å². The van der Waals surface area contributed by atoms with Crippen molar-refractivity contribution in [3.05, 3.63) is 20.8 Å². The molecule has 12 heavy (non-hydrogen) atoms. The van der Waals surface area contributed by atoms with E-state index in [4.69, 9.17) is 0 Å². The quantitative estimate of drug-likeness (QED) is 0.784. The number of hydrogen-bond donors (Lipinski definition) is 1. The summed E-state index contributed by atoms with van der Waals surface area (Å²) in [6, 6.07) is 5.15. The number of quaternary nitrogens is 1. The zero-order chi connectivity index (χ0) is 8.39. The van der Waals surface area contributed by atoms with Crippen molar-refractivity contribution in [2.45, 2.75) is 25.3 Å². The second kappa shape index (κ2) is 3.90. The number of rotatable bonds is 1. The second-order valence-corrected chi connectivity index (χ2v) is 5.76. The zero-order valence-corrected chi connectivity index (χ0v) is 9.33. The summed E-state index contributed by atoms with van der Waals surface area (Å²) in [5.41, 5.74) is 0. The fourth-order valence-electron chi connectivity index (χ4n) is 1.73. The van der Waals surface area contributed by atoms with Gasteiger partial charge in [-0.15, -0.1) is 11.3 Å². The highest BCUT2D eigenvalue weighted by Crippen LogP contribution is 2.28. The third kappa shape index (κ3) is 1.90. The fourth-order valence-corrected chi connectivity index (χ4v) is 3.29. The molecule has 2 heterocycles. The van der Waals surface area contributed by atoms with Gasteiger partial charge in [-0.3, -0.25) is 0 Å². The summed E-state index contributed by atoms with van der Waals surface area (Å²) >= 11 is 5.38. The first kappa shape index (κ1) is 8.73. The van der Waals surface area contributed by atoms with Crippen LogP contribution in [-0.2, 0) is 0 Å². The molecule has 0 bridgehead atoms. The minimum absolute atomic E-state index is 0.745. The Labute approximate surface area is 85.3 Å². The highest BCUT2D eigenvalue weighted by Gasteiger charge is 2.19. The van der Waals surface area contributed by atoms with Crippen LogP contribution in [0.4, 0.5) is 0 Å². The van der Waals surface area contributed by atoms with Gasteiger partial charge in [0.2, 0.25) is 0 Å². The second-order valence-electron chi connectivity index (χ2n) is 3.27. The molecule has 0 aromatic carbocycles. The molecule has 1 aliphatic rings. The van der Waals surface area contributed by atoms with Gasteiger partial charge in [0, 0.05) is 6.42 Å². The van der Waals surface area contributed by atoms with E-state index in [0.717, 1.165) is 6.04 Å². The molecule has 3 heteroatoms. The van der Waals surface area contributed by atoms with Crippen molar-refractivity contribution in [2.75, 3.05) is 6.54 Å². The highest BCUT2D eigenvalue weighted by molar-refractivity contribution is 9.11.